The van der Waals surface area contributed by atoms with Crippen molar-refractivity contribution in [2.75, 3.05) is 6.54 Å². The van der Waals surface area contributed by atoms with Gasteiger partial charge in [-0.1, -0.05) is 48.9 Å². The number of halogens is 2. The molecule has 0 saturated carbocycles. The molecule has 0 radical (unpaired) electrons. The predicted molar refractivity (Wildman–Crippen MR) is 78.0 cm³/mol. The zero-order valence-electron chi connectivity index (χ0n) is 10.9. The monoisotopic (exact) mass is 277 g/mol. The Kier molecular flexibility index (Phi) is 4.94. The van der Waals surface area contributed by atoms with Gasteiger partial charge in [0.1, 0.15) is 5.82 Å². The molecule has 2 aromatic carbocycles. The normalized spacial score (nSPS) is 12.4. The van der Waals surface area contributed by atoms with Gasteiger partial charge in [0, 0.05) is 11.1 Å². The maximum Gasteiger partial charge on any atom is 0.126 e. The highest BCUT2D eigenvalue weighted by Crippen LogP contribution is 2.22. The van der Waals surface area contributed by atoms with Gasteiger partial charge in [-0.2, -0.15) is 0 Å². The number of hydrogen-bond donors (Lipinski definition) is 1. The minimum Gasteiger partial charge on any atom is -0.310 e. The lowest BCUT2D eigenvalue weighted by atomic mass is 9.98. The summed E-state index contributed by atoms with van der Waals surface area (Å²) in [5.74, 6) is -0.205. The molecule has 2 aromatic rings. The minimum absolute atomic E-state index is 0.0965. The van der Waals surface area contributed by atoms with Crippen molar-refractivity contribution in [3.63, 3.8) is 0 Å². The van der Waals surface area contributed by atoms with Crippen LogP contribution in [0.4, 0.5) is 4.39 Å². The van der Waals surface area contributed by atoms with Crippen molar-refractivity contribution in [1.29, 1.82) is 0 Å². The summed E-state index contributed by atoms with van der Waals surface area (Å²) in [6.07, 6.45) is 0.588. The SMILES string of the molecule is CCNC(Cc1cc(Cl)ccc1F)c1ccccc1. The van der Waals surface area contributed by atoms with Crippen LogP contribution >= 0.6 is 11.6 Å². The summed E-state index contributed by atoms with van der Waals surface area (Å²) >= 11 is 5.94. The third-order valence-electron chi connectivity index (χ3n) is 3.08. The van der Waals surface area contributed by atoms with E-state index in [4.69, 9.17) is 11.6 Å². The fourth-order valence-electron chi connectivity index (χ4n) is 2.16. The lowest BCUT2D eigenvalue weighted by Crippen LogP contribution is -2.23. The third kappa shape index (κ3) is 3.79. The molecule has 2 rings (SSSR count). The molecule has 0 saturated heterocycles. The molecule has 19 heavy (non-hydrogen) atoms. The number of benzene rings is 2. The van der Waals surface area contributed by atoms with E-state index in [2.05, 4.69) is 17.4 Å². The van der Waals surface area contributed by atoms with E-state index in [1.54, 1.807) is 12.1 Å². The molecule has 0 spiro atoms. The Balaban J connectivity index is 2.24. The molecule has 1 atom stereocenters. The molecule has 1 N–H and O–H groups in total. The first kappa shape index (κ1) is 14.0. The first-order chi connectivity index (χ1) is 9.20. The molecule has 0 fully saturated rings. The van der Waals surface area contributed by atoms with Crippen LogP contribution in [-0.4, -0.2) is 6.54 Å². The van der Waals surface area contributed by atoms with Crippen LogP contribution in [0.15, 0.2) is 48.5 Å². The summed E-state index contributed by atoms with van der Waals surface area (Å²) in [6, 6.07) is 14.9. The summed E-state index contributed by atoms with van der Waals surface area (Å²) in [4.78, 5) is 0. The second-order valence-corrected chi connectivity index (χ2v) is 4.90. The molecule has 0 aliphatic carbocycles. The van der Waals surface area contributed by atoms with Crippen LogP contribution in [0.5, 0.6) is 0 Å². The Bertz CT molecular complexity index is 528. The summed E-state index contributed by atoms with van der Waals surface area (Å²) < 4.78 is 13.8. The summed E-state index contributed by atoms with van der Waals surface area (Å²) in [7, 11) is 0. The molecule has 0 amide bonds. The lowest BCUT2D eigenvalue weighted by Gasteiger charge is -2.19. The predicted octanol–water partition coefficient (Wildman–Crippen LogP) is 4.37. The van der Waals surface area contributed by atoms with Crippen molar-refractivity contribution < 1.29 is 4.39 Å². The highest BCUT2D eigenvalue weighted by Gasteiger charge is 2.13. The maximum atomic E-state index is 13.8. The Morgan fingerprint density at radius 1 is 1.16 bits per heavy atom. The van der Waals surface area contributed by atoms with Gasteiger partial charge in [-0.3, -0.25) is 0 Å². The van der Waals surface area contributed by atoms with Gasteiger partial charge in [0.05, 0.1) is 0 Å². The van der Waals surface area contributed by atoms with E-state index in [1.165, 1.54) is 6.07 Å². The van der Waals surface area contributed by atoms with Gasteiger partial charge in [-0.05, 0) is 42.3 Å². The van der Waals surface area contributed by atoms with E-state index in [0.29, 0.717) is 17.0 Å². The minimum atomic E-state index is -0.205. The summed E-state index contributed by atoms with van der Waals surface area (Å²) in [6.45, 7) is 2.88. The second-order valence-electron chi connectivity index (χ2n) is 4.46. The van der Waals surface area contributed by atoms with Crippen LogP contribution < -0.4 is 5.32 Å². The Hall–Kier alpha value is -1.38. The first-order valence-corrected chi connectivity index (χ1v) is 6.80. The van der Waals surface area contributed by atoms with Crippen LogP contribution in [0.2, 0.25) is 5.02 Å². The highest BCUT2D eigenvalue weighted by atomic mass is 35.5. The molecule has 3 heteroatoms. The molecule has 0 aliphatic heterocycles. The highest BCUT2D eigenvalue weighted by molar-refractivity contribution is 6.30. The van der Waals surface area contributed by atoms with Crippen molar-refractivity contribution in [3.8, 4) is 0 Å². The standard InChI is InChI=1S/C16H17ClFN/c1-2-19-16(12-6-4-3-5-7-12)11-13-10-14(17)8-9-15(13)18/h3-10,16,19H,2,11H2,1H3. The van der Waals surface area contributed by atoms with Crippen LogP contribution in [0.3, 0.4) is 0 Å². The van der Waals surface area contributed by atoms with Gasteiger partial charge in [0.2, 0.25) is 0 Å². The third-order valence-corrected chi connectivity index (χ3v) is 3.32. The van der Waals surface area contributed by atoms with Crippen molar-refractivity contribution in [3.05, 3.63) is 70.5 Å². The lowest BCUT2D eigenvalue weighted by molar-refractivity contribution is 0.528. The number of likely N-dealkylation sites (N-methyl/N-ethyl adjacent to an activating group) is 1. The maximum absolute atomic E-state index is 13.8. The van der Waals surface area contributed by atoms with Crippen molar-refractivity contribution in [2.24, 2.45) is 0 Å². The Morgan fingerprint density at radius 2 is 1.89 bits per heavy atom. The fourth-order valence-corrected chi connectivity index (χ4v) is 2.35. The topological polar surface area (TPSA) is 12.0 Å². The van der Waals surface area contributed by atoms with Gasteiger partial charge >= 0.3 is 0 Å². The summed E-state index contributed by atoms with van der Waals surface area (Å²) in [5.41, 5.74) is 1.80. The van der Waals surface area contributed by atoms with Crippen LogP contribution in [0.1, 0.15) is 24.1 Å². The summed E-state index contributed by atoms with van der Waals surface area (Å²) in [5, 5.41) is 3.95. The average molecular weight is 278 g/mol. The van der Waals surface area contributed by atoms with E-state index in [1.807, 2.05) is 25.1 Å². The Labute approximate surface area is 118 Å². The van der Waals surface area contributed by atoms with Crippen molar-refractivity contribution in [2.45, 2.75) is 19.4 Å². The van der Waals surface area contributed by atoms with E-state index >= 15 is 0 Å². The first-order valence-electron chi connectivity index (χ1n) is 6.43. The zero-order valence-corrected chi connectivity index (χ0v) is 11.6. The fraction of sp³-hybridized carbons (Fsp3) is 0.250. The zero-order chi connectivity index (χ0) is 13.7. The average Bonchev–Trinajstić information content (AvgIpc) is 2.43. The molecular formula is C16H17ClFN. The van der Waals surface area contributed by atoms with Gasteiger partial charge in [-0.15, -0.1) is 0 Å². The second kappa shape index (κ2) is 6.69. The molecule has 0 aromatic heterocycles. The number of nitrogens with one attached hydrogen (secondary N) is 1. The molecule has 0 bridgehead atoms. The van der Waals surface area contributed by atoms with Crippen molar-refractivity contribution >= 4 is 11.6 Å². The van der Waals surface area contributed by atoms with E-state index in [0.717, 1.165) is 12.1 Å². The molecule has 1 unspecified atom stereocenters. The molecule has 0 aliphatic rings. The quantitative estimate of drug-likeness (QED) is 0.856. The van der Waals surface area contributed by atoms with Gasteiger partial charge in [-0.25, -0.2) is 4.39 Å². The van der Waals surface area contributed by atoms with E-state index in [9.17, 15) is 4.39 Å². The van der Waals surface area contributed by atoms with E-state index in [-0.39, 0.29) is 11.9 Å². The number of rotatable bonds is 5. The van der Waals surface area contributed by atoms with Gasteiger partial charge in [0.25, 0.3) is 0 Å². The van der Waals surface area contributed by atoms with Crippen LogP contribution in [0.25, 0.3) is 0 Å². The van der Waals surface area contributed by atoms with Crippen LogP contribution in [0, 0.1) is 5.82 Å². The van der Waals surface area contributed by atoms with Crippen molar-refractivity contribution in [1.82, 2.24) is 5.32 Å². The molecule has 0 heterocycles. The molecule has 100 valence electrons. The van der Waals surface area contributed by atoms with E-state index < -0.39 is 0 Å². The van der Waals surface area contributed by atoms with Gasteiger partial charge < -0.3 is 5.32 Å². The van der Waals surface area contributed by atoms with Crippen LogP contribution in [-0.2, 0) is 6.42 Å². The number of hydrogen-bond acceptors (Lipinski definition) is 1. The molecular weight excluding hydrogens is 261 g/mol. The smallest absolute Gasteiger partial charge is 0.126 e. The largest absolute Gasteiger partial charge is 0.310 e. The van der Waals surface area contributed by atoms with Gasteiger partial charge in [0.15, 0.2) is 0 Å². The Morgan fingerprint density at radius 3 is 2.58 bits per heavy atom. The molecule has 1 nitrogen and oxygen atoms in total.